The van der Waals surface area contributed by atoms with Gasteiger partial charge in [0.1, 0.15) is 5.82 Å². The molecule has 0 atom stereocenters. The number of benzene rings is 3. The second kappa shape index (κ2) is 8.37. The molecular formula is C27H26N4. The summed E-state index contributed by atoms with van der Waals surface area (Å²) in [6, 6.07) is 27.3. The van der Waals surface area contributed by atoms with E-state index in [1.54, 1.807) is 0 Å². The molecule has 0 amide bonds. The number of piperidine rings is 1. The normalized spacial score (nSPS) is 15.6. The van der Waals surface area contributed by atoms with Crippen LogP contribution in [0, 0.1) is 11.3 Å². The van der Waals surface area contributed by atoms with Crippen molar-refractivity contribution < 1.29 is 0 Å². The van der Waals surface area contributed by atoms with E-state index in [4.69, 9.17) is 4.98 Å². The smallest absolute Gasteiger partial charge is 0.107 e. The number of hydrogen-bond donors (Lipinski definition) is 2. The van der Waals surface area contributed by atoms with Crippen LogP contribution in [-0.2, 0) is 11.8 Å². The number of imidazole rings is 1. The Morgan fingerprint density at radius 1 is 0.903 bits per heavy atom. The summed E-state index contributed by atoms with van der Waals surface area (Å²) in [5.41, 5.74) is 6.67. The molecule has 154 valence electrons. The van der Waals surface area contributed by atoms with Gasteiger partial charge < -0.3 is 10.3 Å². The predicted octanol–water partition coefficient (Wildman–Crippen LogP) is 5.36. The van der Waals surface area contributed by atoms with Gasteiger partial charge in [0.05, 0.1) is 22.7 Å². The van der Waals surface area contributed by atoms with Crippen molar-refractivity contribution in [3.8, 4) is 17.2 Å². The van der Waals surface area contributed by atoms with Crippen molar-refractivity contribution in [2.75, 3.05) is 13.1 Å². The number of hydrogen-bond acceptors (Lipinski definition) is 3. The lowest BCUT2D eigenvalue weighted by atomic mass is 9.70. The quantitative estimate of drug-likeness (QED) is 0.469. The van der Waals surface area contributed by atoms with Crippen molar-refractivity contribution in [3.63, 3.8) is 0 Å². The summed E-state index contributed by atoms with van der Waals surface area (Å²) < 4.78 is 0. The summed E-state index contributed by atoms with van der Waals surface area (Å²) in [6.45, 7) is 2.10. The van der Waals surface area contributed by atoms with Crippen LogP contribution in [-0.4, -0.2) is 23.1 Å². The average Bonchev–Trinajstić information content (AvgIpc) is 3.27. The highest BCUT2D eigenvalue weighted by atomic mass is 14.9. The number of aromatic nitrogens is 2. The van der Waals surface area contributed by atoms with Crippen LogP contribution in [0.4, 0.5) is 0 Å². The monoisotopic (exact) mass is 406 g/mol. The molecule has 1 aromatic heterocycles. The Hall–Kier alpha value is -3.42. The fourth-order valence-electron chi connectivity index (χ4n) is 4.85. The Bertz CT molecular complexity index is 1190. The lowest BCUT2D eigenvalue weighted by Gasteiger charge is -2.38. The van der Waals surface area contributed by atoms with Gasteiger partial charge in [0, 0.05) is 6.42 Å². The Labute approximate surface area is 183 Å². The number of nitriles is 1. The van der Waals surface area contributed by atoms with E-state index < -0.39 is 0 Å². The molecule has 3 aromatic carbocycles. The first kappa shape index (κ1) is 19.5. The molecule has 4 heteroatoms. The number of aryl methyl sites for hydroxylation is 1. The first-order valence-corrected chi connectivity index (χ1v) is 11.0. The molecule has 1 aliphatic rings. The lowest BCUT2D eigenvalue weighted by molar-refractivity contribution is 0.286. The van der Waals surface area contributed by atoms with Crippen molar-refractivity contribution in [2.24, 2.45) is 0 Å². The molecule has 0 bridgehead atoms. The van der Waals surface area contributed by atoms with Crippen molar-refractivity contribution in [1.82, 2.24) is 15.3 Å². The van der Waals surface area contributed by atoms with Crippen LogP contribution in [0.5, 0.6) is 0 Å². The zero-order chi connectivity index (χ0) is 21.1. The summed E-state index contributed by atoms with van der Waals surface area (Å²) in [5, 5.41) is 12.7. The molecule has 0 aliphatic carbocycles. The fraction of sp³-hybridized carbons (Fsp3) is 0.259. The molecule has 0 spiro atoms. The fourth-order valence-corrected chi connectivity index (χ4v) is 4.85. The molecule has 1 aliphatic heterocycles. The minimum absolute atomic E-state index is 0.164. The van der Waals surface area contributed by atoms with Crippen molar-refractivity contribution in [2.45, 2.75) is 31.1 Å². The Morgan fingerprint density at radius 2 is 1.71 bits per heavy atom. The minimum Gasteiger partial charge on any atom is -0.342 e. The molecule has 0 unspecified atom stereocenters. The molecule has 4 nitrogen and oxygen atoms in total. The molecule has 2 heterocycles. The number of para-hydroxylation sites is 2. The number of fused-ring (bicyclic) bond motifs is 1. The molecule has 0 saturated carbocycles. The predicted molar refractivity (Wildman–Crippen MR) is 125 cm³/mol. The second-order valence-electron chi connectivity index (χ2n) is 8.50. The van der Waals surface area contributed by atoms with Gasteiger partial charge in [-0.25, -0.2) is 4.98 Å². The SMILES string of the molecule is N#Cc1cccc(-c2ccc(C3(CCc4nc5ccccc5[nH]4)CCNCC3)cc2)c1. The highest BCUT2D eigenvalue weighted by Crippen LogP contribution is 2.38. The average molecular weight is 407 g/mol. The molecule has 1 fully saturated rings. The van der Waals surface area contributed by atoms with E-state index in [0.29, 0.717) is 5.56 Å². The van der Waals surface area contributed by atoms with E-state index in [2.05, 4.69) is 58.8 Å². The third-order valence-electron chi connectivity index (χ3n) is 6.66. The van der Waals surface area contributed by atoms with Gasteiger partial charge in [0.25, 0.3) is 0 Å². The topological polar surface area (TPSA) is 64.5 Å². The van der Waals surface area contributed by atoms with Crippen LogP contribution in [0.2, 0.25) is 0 Å². The van der Waals surface area contributed by atoms with Crippen LogP contribution in [0.1, 0.15) is 36.2 Å². The van der Waals surface area contributed by atoms with E-state index in [1.165, 1.54) is 5.56 Å². The summed E-state index contributed by atoms with van der Waals surface area (Å²) >= 11 is 0. The van der Waals surface area contributed by atoms with E-state index in [9.17, 15) is 5.26 Å². The van der Waals surface area contributed by atoms with Crippen LogP contribution in [0.25, 0.3) is 22.2 Å². The zero-order valence-corrected chi connectivity index (χ0v) is 17.6. The van der Waals surface area contributed by atoms with Crippen LogP contribution in [0.15, 0.2) is 72.8 Å². The van der Waals surface area contributed by atoms with Crippen LogP contribution in [0.3, 0.4) is 0 Å². The summed E-state index contributed by atoms with van der Waals surface area (Å²) in [5.74, 6) is 1.07. The second-order valence-corrected chi connectivity index (χ2v) is 8.50. The van der Waals surface area contributed by atoms with Gasteiger partial charge in [-0.2, -0.15) is 5.26 Å². The first-order chi connectivity index (χ1) is 15.3. The van der Waals surface area contributed by atoms with Crippen LogP contribution >= 0.6 is 0 Å². The molecule has 4 aromatic rings. The van der Waals surface area contributed by atoms with Crippen molar-refractivity contribution >= 4 is 11.0 Å². The van der Waals surface area contributed by atoms with Gasteiger partial charge in [-0.15, -0.1) is 0 Å². The minimum atomic E-state index is 0.164. The largest absolute Gasteiger partial charge is 0.342 e. The van der Waals surface area contributed by atoms with Gasteiger partial charge in [0.2, 0.25) is 0 Å². The maximum atomic E-state index is 9.19. The first-order valence-electron chi connectivity index (χ1n) is 11.0. The van der Waals surface area contributed by atoms with Gasteiger partial charge in [0.15, 0.2) is 0 Å². The van der Waals surface area contributed by atoms with Gasteiger partial charge >= 0.3 is 0 Å². The van der Waals surface area contributed by atoms with E-state index in [-0.39, 0.29) is 5.41 Å². The Balaban J connectivity index is 1.40. The lowest BCUT2D eigenvalue weighted by Crippen LogP contribution is -2.40. The van der Waals surface area contributed by atoms with E-state index >= 15 is 0 Å². The molecular weight excluding hydrogens is 380 g/mol. The highest BCUT2D eigenvalue weighted by molar-refractivity contribution is 5.74. The summed E-state index contributed by atoms with van der Waals surface area (Å²) in [4.78, 5) is 8.29. The number of nitrogens with one attached hydrogen (secondary N) is 2. The van der Waals surface area contributed by atoms with E-state index in [0.717, 1.165) is 66.8 Å². The number of aromatic amines is 1. The van der Waals surface area contributed by atoms with Gasteiger partial charge in [-0.1, -0.05) is 48.5 Å². The molecule has 2 N–H and O–H groups in total. The van der Waals surface area contributed by atoms with Crippen molar-refractivity contribution in [3.05, 3.63) is 89.7 Å². The van der Waals surface area contributed by atoms with Crippen LogP contribution < -0.4 is 5.32 Å². The third kappa shape index (κ3) is 3.97. The summed E-state index contributed by atoms with van der Waals surface area (Å²) in [7, 11) is 0. The highest BCUT2D eigenvalue weighted by Gasteiger charge is 2.33. The molecule has 1 saturated heterocycles. The number of rotatable bonds is 5. The standard InChI is InChI=1S/C27H26N4/c28-19-20-4-3-5-22(18-20)21-8-10-23(11-9-21)27(14-16-29-17-15-27)13-12-26-30-24-6-1-2-7-25(24)31-26/h1-11,18,29H,12-17H2,(H,30,31). The Kier molecular flexibility index (Phi) is 5.28. The van der Waals surface area contributed by atoms with Gasteiger partial charge in [-0.05, 0) is 78.7 Å². The zero-order valence-electron chi connectivity index (χ0n) is 17.6. The number of nitrogens with zero attached hydrogens (tertiary/aromatic N) is 2. The third-order valence-corrected chi connectivity index (χ3v) is 6.66. The molecule has 0 radical (unpaired) electrons. The Morgan fingerprint density at radius 3 is 2.48 bits per heavy atom. The molecule has 5 rings (SSSR count). The molecule has 31 heavy (non-hydrogen) atoms. The summed E-state index contributed by atoms with van der Waals surface area (Å²) in [6.07, 6.45) is 4.30. The van der Waals surface area contributed by atoms with Gasteiger partial charge in [-0.3, -0.25) is 0 Å². The van der Waals surface area contributed by atoms with Crippen molar-refractivity contribution in [1.29, 1.82) is 5.26 Å². The maximum absolute atomic E-state index is 9.19. The number of H-pyrrole nitrogens is 1. The van der Waals surface area contributed by atoms with E-state index in [1.807, 2.05) is 30.3 Å². The maximum Gasteiger partial charge on any atom is 0.107 e.